The lowest BCUT2D eigenvalue weighted by atomic mass is 10.5. The van der Waals surface area contributed by atoms with E-state index < -0.39 is 5.97 Å². The first-order chi connectivity index (χ1) is 7.58. The van der Waals surface area contributed by atoms with Crippen LogP contribution in [0.4, 0.5) is 0 Å². The van der Waals surface area contributed by atoms with E-state index in [-0.39, 0.29) is 12.4 Å². The molecular weight excluding hydrogens is 216 g/mol. The monoisotopic (exact) mass is 236 g/mol. The number of carboxylic acids is 1. The Morgan fingerprint density at radius 2 is 1.56 bits per heavy atom. The number of esters is 1. The molecule has 0 saturated heterocycles. The van der Waals surface area contributed by atoms with Crippen LogP contribution in [0.3, 0.4) is 0 Å². The number of hydrogen-bond donors (Lipinski definition) is 1. The van der Waals surface area contributed by atoms with Crippen LogP contribution in [0.2, 0.25) is 0 Å². The average Bonchev–Trinajstić information content (AvgIpc) is 2.25. The molecule has 0 saturated carbocycles. The summed E-state index contributed by atoms with van der Waals surface area (Å²) < 4.78 is 13.8. The van der Waals surface area contributed by atoms with Gasteiger partial charge in [0, 0.05) is 14.2 Å². The second kappa shape index (κ2) is 13.9. The van der Waals surface area contributed by atoms with Crippen molar-refractivity contribution in [3.63, 3.8) is 0 Å². The number of carbonyl (C=O) groups excluding carboxylic acids is 1. The Labute approximate surface area is 95.5 Å². The van der Waals surface area contributed by atoms with Crippen LogP contribution in [0.5, 0.6) is 0 Å². The summed E-state index contributed by atoms with van der Waals surface area (Å²) in [4.78, 5) is 20.2. The van der Waals surface area contributed by atoms with Gasteiger partial charge in [0.2, 0.25) is 0 Å². The first-order valence-corrected chi connectivity index (χ1v) is 4.93. The number of carbonyl (C=O) groups is 2. The van der Waals surface area contributed by atoms with Crippen LogP contribution in [0.25, 0.3) is 0 Å². The van der Waals surface area contributed by atoms with E-state index in [1.54, 1.807) is 14.0 Å². The minimum absolute atomic E-state index is 0.0938. The SMILES string of the molecule is CCOC(=O)CCOC.COCCC(=O)O. The van der Waals surface area contributed by atoms with Crippen molar-refractivity contribution in [2.75, 3.05) is 34.0 Å². The van der Waals surface area contributed by atoms with Crippen LogP contribution in [0.15, 0.2) is 0 Å². The van der Waals surface area contributed by atoms with Gasteiger partial charge in [-0.15, -0.1) is 0 Å². The van der Waals surface area contributed by atoms with Gasteiger partial charge in [-0.1, -0.05) is 0 Å². The van der Waals surface area contributed by atoms with Crippen LogP contribution in [-0.2, 0) is 23.8 Å². The largest absolute Gasteiger partial charge is 0.481 e. The highest BCUT2D eigenvalue weighted by atomic mass is 16.5. The van der Waals surface area contributed by atoms with Gasteiger partial charge in [-0.25, -0.2) is 0 Å². The first kappa shape index (κ1) is 17.3. The van der Waals surface area contributed by atoms with Gasteiger partial charge in [0.15, 0.2) is 0 Å². The minimum Gasteiger partial charge on any atom is -0.481 e. The number of hydrogen-bond acceptors (Lipinski definition) is 5. The van der Waals surface area contributed by atoms with E-state index in [9.17, 15) is 9.59 Å². The Bertz CT molecular complexity index is 180. The van der Waals surface area contributed by atoms with Gasteiger partial charge in [-0.05, 0) is 6.92 Å². The Kier molecular flexibility index (Phi) is 15.0. The molecule has 6 heteroatoms. The zero-order valence-corrected chi connectivity index (χ0v) is 10.0. The van der Waals surface area contributed by atoms with Crippen LogP contribution in [-0.4, -0.2) is 51.1 Å². The Balaban J connectivity index is 0. The van der Waals surface area contributed by atoms with Crippen molar-refractivity contribution in [3.8, 4) is 0 Å². The zero-order valence-electron chi connectivity index (χ0n) is 10.0. The topological polar surface area (TPSA) is 82.1 Å². The second-order valence-electron chi connectivity index (χ2n) is 2.68. The molecule has 0 aliphatic heterocycles. The van der Waals surface area contributed by atoms with Gasteiger partial charge >= 0.3 is 11.9 Å². The maximum absolute atomic E-state index is 10.5. The standard InChI is InChI=1S/C6H12O3.C4H8O3/c1-3-9-6(7)4-5-8-2;1-7-3-2-4(5)6/h3-5H2,1-2H3;2-3H2,1H3,(H,5,6). The predicted octanol–water partition coefficient (Wildman–Crippen LogP) is 0.694. The van der Waals surface area contributed by atoms with E-state index in [2.05, 4.69) is 14.2 Å². The second-order valence-corrected chi connectivity index (χ2v) is 2.68. The van der Waals surface area contributed by atoms with Crippen LogP contribution in [0.1, 0.15) is 19.8 Å². The van der Waals surface area contributed by atoms with E-state index in [1.807, 2.05) is 0 Å². The third-order valence-corrected chi connectivity index (χ3v) is 1.34. The molecule has 0 aliphatic carbocycles. The van der Waals surface area contributed by atoms with E-state index in [0.717, 1.165) is 0 Å². The molecule has 0 heterocycles. The van der Waals surface area contributed by atoms with E-state index >= 15 is 0 Å². The van der Waals surface area contributed by atoms with Gasteiger partial charge in [0.25, 0.3) is 0 Å². The summed E-state index contributed by atoms with van der Waals surface area (Å²) >= 11 is 0. The van der Waals surface area contributed by atoms with Gasteiger partial charge < -0.3 is 19.3 Å². The molecule has 6 nitrogen and oxygen atoms in total. The predicted molar refractivity (Wildman–Crippen MR) is 57.3 cm³/mol. The van der Waals surface area contributed by atoms with E-state index in [1.165, 1.54) is 7.11 Å². The molecule has 0 bridgehead atoms. The van der Waals surface area contributed by atoms with Gasteiger partial charge in [-0.3, -0.25) is 9.59 Å². The highest BCUT2D eigenvalue weighted by Crippen LogP contribution is 1.85. The molecule has 0 radical (unpaired) electrons. The quantitative estimate of drug-likeness (QED) is 0.655. The molecule has 0 amide bonds. The molecule has 16 heavy (non-hydrogen) atoms. The van der Waals surface area contributed by atoms with Gasteiger partial charge in [0.1, 0.15) is 0 Å². The molecule has 1 N–H and O–H groups in total. The van der Waals surface area contributed by atoms with Crippen LogP contribution in [0, 0.1) is 0 Å². The number of aliphatic carboxylic acids is 1. The Hall–Kier alpha value is -1.14. The third kappa shape index (κ3) is 18.6. The minimum atomic E-state index is -0.818. The van der Waals surface area contributed by atoms with E-state index in [4.69, 9.17) is 5.11 Å². The summed E-state index contributed by atoms with van der Waals surface area (Å²) in [7, 11) is 3.03. The molecule has 0 aromatic carbocycles. The molecule has 96 valence electrons. The molecule has 0 rings (SSSR count). The number of ether oxygens (including phenoxy) is 3. The average molecular weight is 236 g/mol. The maximum atomic E-state index is 10.5. The van der Waals surface area contributed by atoms with E-state index in [0.29, 0.717) is 26.2 Å². The summed E-state index contributed by atoms with van der Waals surface area (Å²) in [5, 5.41) is 7.96. The molecule has 0 spiro atoms. The molecule has 0 atom stereocenters. The lowest BCUT2D eigenvalue weighted by molar-refractivity contribution is -0.144. The summed E-state index contributed by atoms with van der Waals surface area (Å²) in [6, 6.07) is 0. The van der Waals surface area contributed by atoms with Crippen molar-refractivity contribution in [1.29, 1.82) is 0 Å². The van der Waals surface area contributed by atoms with Gasteiger partial charge in [0.05, 0.1) is 32.7 Å². The Morgan fingerprint density at radius 1 is 1.06 bits per heavy atom. The zero-order chi connectivity index (χ0) is 12.8. The number of rotatable bonds is 7. The van der Waals surface area contributed by atoms with Crippen molar-refractivity contribution in [3.05, 3.63) is 0 Å². The molecule has 0 aromatic rings. The summed E-state index contributed by atoms with van der Waals surface area (Å²) in [6.07, 6.45) is 0.445. The van der Waals surface area contributed by atoms with Crippen LogP contribution >= 0.6 is 0 Å². The highest BCUT2D eigenvalue weighted by molar-refractivity contribution is 5.69. The lowest BCUT2D eigenvalue weighted by Gasteiger charge is -1.98. The fourth-order valence-electron chi connectivity index (χ4n) is 0.608. The fourth-order valence-corrected chi connectivity index (χ4v) is 0.608. The normalized spacial score (nSPS) is 8.94. The number of carboxylic acid groups (broad SMARTS) is 1. The fraction of sp³-hybridized carbons (Fsp3) is 0.800. The lowest BCUT2D eigenvalue weighted by Crippen LogP contribution is -2.06. The molecule has 0 fully saturated rings. The van der Waals surface area contributed by atoms with Crippen molar-refractivity contribution in [2.45, 2.75) is 19.8 Å². The third-order valence-electron chi connectivity index (χ3n) is 1.34. The smallest absolute Gasteiger partial charge is 0.308 e. The Morgan fingerprint density at radius 3 is 1.88 bits per heavy atom. The van der Waals surface area contributed by atoms with Crippen LogP contribution < -0.4 is 0 Å². The highest BCUT2D eigenvalue weighted by Gasteiger charge is 1.97. The van der Waals surface area contributed by atoms with Gasteiger partial charge in [-0.2, -0.15) is 0 Å². The van der Waals surface area contributed by atoms with Crippen molar-refractivity contribution in [2.24, 2.45) is 0 Å². The van der Waals surface area contributed by atoms with Crippen molar-refractivity contribution < 1.29 is 28.9 Å². The van der Waals surface area contributed by atoms with Crippen molar-refractivity contribution >= 4 is 11.9 Å². The molecule has 0 unspecified atom stereocenters. The molecule has 0 aromatic heterocycles. The first-order valence-electron chi connectivity index (χ1n) is 4.93. The summed E-state index contributed by atoms with van der Waals surface area (Å²) in [5.41, 5.74) is 0. The molecular formula is C10H20O6. The number of methoxy groups -OCH3 is 2. The summed E-state index contributed by atoms with van der Waals surface area (Å²) in [6.45, 7) is 2.97. The molecule has 0 aliphatic rings. The van der Waals surface area contributed by atoms with Crippen molar-refractivity contribution in [1.82, 2.24) is 0 Å². The summed E-state index contributed by atoms with van der Waals surface area (Å²) in [5.74, 6) is -1.01. The maximum Gasteiger partial charge on any atom is 0.308 e.